The molecule has 51 heavy (non-hydrogen) atoms. The molecule has 3 aliphatic heterocycles. The second-order valence-corrected chi connectivity index (χ2v) is 17.4. The molecule has 2 aromatic carbocycles. The number of sulfonamides is 1. The number of ether oxygens (including phenoxy) is 2. The molecule has 3 heterocycles. The second-order valence-electron chi connectivity index (χ2n) is 15.0. The molecule has 278 valence electrons. The molecule has 0 unspecified atom stereocenters. The molecule has 0 aromatic heterocycles. The van der Waals surface area contributed by atoms with Crippen LogP contribution in [0.5, 0.6) is 5.75 Å². The summed E-state index contributed by atoms with van der Waals surface area (Å²) in [5.41, 5.74) is 2.72. The third-order valence-electron chi connectivity index (χ3n) is 11.8. The van der Waals surface area contributed by atoms with E-state index in [0.717, 1.165) is 69.5 Å². The normalized spacial score (nSPS) is 29.6. The van der Waals surface area contributed by atoms with Crippen LogP contribution in [0.2, 0.25) is 5.02 Å². The zero-order valence-electron chi connectivity index (χ0n) is 30.4. The minimum atomic E-state index is -3.97. The summed E-state index contributed by atoms with van der Waals surface area (Å²) >= 11 is 6.39. The third-order valence-corrected chi connectivity index (χ3v) is 14.0. The molecule has 10 nitrogen and oxygen atoms in total. The zero-order chi connectivity index (χ0) is 36.3. The fourth-order valence-corrected chi connectivity index (χ4v) is 9.68. The zero-order valence-corrected chi connectivity index (χ0v) is 32.0. The van der Waals surface area contributed by atoms with E-state index in [9.17, 15) is 18.0 Å². The van der Waals surface area contributed by atoms with E-state index in [2.05, 4.69) is 26.7 Å². The first-order chi connectivity index (χ1) is 24.4. The van der Waals surface area contributed by atoms with Gasteiger partial charge in [0.05, 0.1) is 10.9 Å². The SMILES string of the molecule is CO[C@@]1(CN2CCN(C(C)=O)CC2)/C=C/C[C@H](C)[C@@H](C)S(=O)(=O)NC(=O)c2ccc3c(c2)N(CCCCc2cc(Cl)ccc2CO3)C[C@@H]2CC[C@H]21. The average Bonchev–Trinajstić information content (AvgIpc) is 3.12. The Labute approximate surface area is 308 Å². The molecule has 2 fully saturated rings. The number of piperazine rings is 1. The standard InChI is InChI=1S/C39H53ClN4O6S/c1-27-8-7-16-39(49-4,26-42-18-20-43(21-19-42)29(3)45)35-14-11-32(35)24-44-17-6-5-9-30-22-34(40)13-10-33(30)25-50-37-15-12-31(23-36(37)44)38(46)41-51(47,48)28(27)2/h7,10,12-13,15-16,22-23,27-28,32,35H,5-6,8-9,11,14,17-21,24-26H2,1-4H3,(H,41,46)/b16-7+/t27-,28+,32-,35+,39+/m0/s1. The lowest BCUT2D eigenvalue weighted by Crippen LogP contribution is -2.59. The van der Waals surface area contributed by atoms with E-state index in [4.69, 9.17) is 21.1 Å². The van der Waals surface area contributed by atoms with Gasteiger partial charge in [0.15, 0.2) is 0 Å². The van der Waals surface area contributed by atoms with Crippen LogP contribution < -0.4 is 14.4 Å². The summed E-state index contributed by atoms with van der Waals surface area (Å²) in [6.45, 7) is 10.6. The Balaban J connectivity index is 1.38. The van der Waals surface area contributed by atoms with Gasteiger partial charge in [-0.2, -0.15) is 0 Å². The minimum absolute atomic E-state index is 0.101. The topological polar surface area (TPSA) is 108 Å². The van der Waals surface area contributed by atoms with Gasteiger partial charge in [0.25, 0.3) is 5.91 Å². The summed E-state index contributed by atoms with van der Waals surface area (Å²) in [5.74, 6) is 0.387. The van der Waals surface area contributed by atoms with E-state index in [1.165, 1.54) is 5.56 Å². The Bertz CT molecular complexity index is 1730. The number of nitrogens with one attached hydrogen (secondary N) is 1. The van der Waals surface area contributed by atoms with Crippen LogP contribution in [0.25, 0.3) is 0 Å². The maximum Gasteiger partial charge on any atom is 0.264 e. The number of allylic oxidation sites excluding steroid dienone is 1. The van der Waals surface area contributed by atoms with Crippen LogP contribution in [0.1, 0.15) is 74.4 Å². The van der Waals surface area contributed by atoms with Crippen molar-refractivity contribution in [3.63, 3.8) is 0 Å². The predicted molar refractivity (Wildman–Crippen MR) is 201 cm³/mol. The number of carbonyl (C=O) groups excluding carboxylic acids is 2. The summed E-state index contributed by atoms with van der Waals surface area (Å²) < 4.78 is 42.5. The van der Waals surface area contributed by atoms with E-state index in [0.29, 0.717) is 49.4 Å². The van der Waals surface area contributed by atoms with Crippen LogP contribution in [-0.2, 0) is 32.6 Å². The van der Waals surface area contributed by atoms with Gasteiger partial charge in [-0.15, -0.1) is 0 Å². The number of carbonyl (C=O) groups is 2. The van der Waals surface area contributed by atoms with Gasteiger partial charge in [-0.1, -0.05) is 36.7 Å². The molecule has 4 aliphatic rings. The minimum Gasteiger partial charge on any atom is -0.487 e. The van der Waals surface area contributed by atoms with Crippen LogP contribution in [0, 0.1) is 17.8 Å². The van der Waals surface area contributed by atoms with Gasteiger partial charge in [0.2, 0.25) is 15.9 Å². The van der Waals surface area contributed by atoms with Crippen LogP contribution in [0.15, 0.2) is 48.6 Å². The summed E-state index contributed by atoms with van der Waals surface area (Å²) in [4.78, 5) is 32.3. The molecule has 1 saturated carbocycles. The molecule has 2 amide bonds. The van der Waals surface area contributed by atoms with Gasteiger partial charge >= 0.3 is 0 Å². The average molecular weight is 741 g/mol. The molecule has 0 spiro atoms. The number of fused-ring (bicyclic) bond motifs is 3. The number of amides is 2. The summed E-state index contributed by atoms with van der Waals surface area (Å²) in [5, 5.41) is -0.0998. The third kappa shape index (κ3) is 8.42. The van der Waals surface area contributed by atoms with E-state index < -0.39 is 26.8 Å². The number of rotatable bonds is 3. The Hall–Kier alpha value is -3.12. The van der Waals surface area contributed by atoms with Gasteiger partial charge in [-0.3, -0.25) is 14.5 Å². The number of nitrogens with zero attached hydrogens (tertiary/aromatic N) is 3. The molecule has 1 N–H and O–H groups in total. The van der Waals surface area contributed by atoms with Crippen LogP contribution in [0.3, 0.4) is 0 Å². The quantitative estimate of drug-likeness (QED) is 0.401. The molecule has 2 aromatic rings. The van der Waals surface area contributed by atoms with E-state index >= 15 is 0 Å². The van der Waals surface area contributed by atoms with Gasteiger partial charge in [-0.05, 0) is 105 Å². The maximum absolute atomic E-state index is 13.6. The molecule has 6 rings (SSSR count). The Kier molecular flexibility index (Phi) is 11.7. The molecule has 1 saturated heterocycles. The van der Waals surface area contributed by atoms with Crippen LogP contribution in [0.4, 0.5) is 5.69 Å². The molecular formula is C39H53ClN4O6S. The lowest BCUT2D eigenvalue weighted by molar-refractivity contribution is -0.132. The number of hydrogen-bond donors (Lipinski definition) is 1. The monoisotopic (exact) mass is 740 g/mol. The van der Waals surface area contributed by atoms with Crippen molar-refractivity contribution in [2.75, 3.05) is 57.8 Å². The van der Waals surface area contributed by atoms with Gasteiger partial charge in [-0.25, -0.2) is 13.1 Å². The van der Waals surface area contributed by atoms with Crippen LogP contribution >= 0.6 is 11.6 Å². The molecule has 1 aliphatic carbocycles. The largest absolute Gasteiger partial charge is 0.487 e. The Morgan fingerprint density at radius 3 is 2.53 bits per heavy atom. The Morgan fingerprint density at radius 1 is 1.04 bits per heavy atom. The van der Waals surface area contributed by atoms with Gasteiger partial charge in [0, 0.05) is 70.4 Å². The summed E-state index contributed by atoms with van der Waals surface area (Å²) in [6, 6.07) is 11.2. The second kappa shape index (κ2) is 15.9. The van der Waals surface area contributed by atoms with Crippen molar-refractivity contribution in [3.05, 3.63) is 70.3 Å². The van der Waals surface area contributed by atoms with Crippen molar-refractivity contribution in [2.45, 2.75) is 76.8 Å². The summed E-state index contributed by atoms with van der Waals surface area (Å²) in [7, 11) is -2.18. The number of halogens is 1. The highest BCUT2D eigenvalue weighted by Gasteiger charge is 2.48. The van der Waals surface area contributed by atoms with Crippen molar-refractivity contribution in [1.29, 1.82) is 0 Å². The number of benzene rings is 2. The van der Waals surface area contributed by atoms with Crippen molar-refractivity contribution >= 4 is 39.1 Å². The fourth-order valence-electron chi connectivity index (χ4n) is 8.20. The highest BCUT2D eigenvalue weighted by molar-refractivity contribution is 7.90. The first kappa shape index (κ1) is 37.6. The van der Waals surface area contributed by atoms with Crippen molar-refractivity contribution in [2.24, 2.45) is 17.8 Å². The Morgan fingerprint density at radius 2 is 1.82 bits per heavy atom. The van der Waals surface area contributed by atoms with E-state index in [1.54, 1.807) is 39.2 Å². The molecule has 12 heteroatoms. The van der Waals surface area contributed by atoms with Crippen molar-refractivity contribution in [1.82, 2.24) is 14.5 Å². The van der Waals surface area contributed by atoms with E-state index in [-0.39, 0.29) is 23.3 Å². The van der Waals surface area contributed by atoms with Crippen LogP contribution in [-0.4, -0.2) is 93.8 Å². The number of aryl methyl sites for hydroxylation is 1. The van der Waals surface area contributed by atoms with E-state index in [1.807, 2.05) is 30.0 Å². The number of anilines is 1. The highest BCUT2D eigenvalue weighted by atomic mass is 35.5. The maximum atomic E-state index is 13.6. The molecule has 5 atom stereocenters. The molecular weight excluding hydrogens is 688 g/mol. The molecule has 0 radical (unpaired) electrons. The fraction of sp³-hybridized carbons (Fsp3) is 0.590. The predicted octanol–water partition coefficient (Wildman–Crippen LogP) is 5.68. The summed E-state index contributed by atoms with van der Waals surface area (Å²) in [6.07, 6.45) is 9.60. The lowest BCUT2D eigenvalue weighted by atomic mass is 9.63. The van der Waals surface area contributed by atoms with Crippen molar-refractivity contribution in [3.8, 4) is 5.75 Å². The smallest absolute Gasteiger partial charge is 0.264 e. The number of hydrogen-bond acceptors (Lipinski definition) is 8. The van der Waals surface area contributed by atoms with Gasteiger partial charge in [0.1, 0.15) is 18.0 Å². The lowest BCUT2D eigenvalue weighted by Gasteiger charge is -2.52. The highest BCUT2D eigenvalue weighted by Crippen LogP contribution is 2.47. The van der Waals surface area contributed by atoms with Gasteiger partial charge < -0.3 is 19.3 Å². The first-order valence-corrected chi connectivity index (χ1v) is 20.4. The number of methoxy groups -OCH3 is 1. The molecule has 2 bridgehead atoms. The first-order valence-electron chi connectivity index (χ1n) is 18.4. The van der Waals surface area contributed by atoms with Crippen molar-refractivity contribution < 1.29 is 27.5 Å².